The summed E-state index contributed by atoms with van der Waals surface area (Å²) in [6, 6.07) is 9.65. The van der Waals surface area contributed by atoms with Crippen molar-refractivity contribution in [3.05, 3.63) is 35.9 Å². The molecular weight excluding hydrogens is 214 g/mol. The Kier molecular flexibility index (Phi) is 6.51. The van der Waals surface area contributed by atoms with E-state index in [1.165, 1.54) is 0 Å². The largest absolute Gasteiger partial charge is 0.481 e. The van der Waals surface area contributed by atoms with Crippen molar-refractivity contribution in [1.29, 1.82) is 0 Å². The second kappa shape index (κ2) is 7.07. The summed E-state index contributed by atoms with van der Waals surface area (Å²) in [5, 5.41) is 8.64. The van der Waals surface area contributed by atoms with Crippen LogP contribution in [0.25, 0.3) is 0 Å². The summed E-state index contributed by atoms with van der Waals surface area (Å²) in [5.41, 5.74) is 6.43. The predicted octanol–water partition coefficient (Wildman–Crippen LogP) is 2.69. The van der Waals surface area contributed by atoms with Gasteiger partial charge >= 0.3 is 5.97 Å². The van der Waals surface area contributed by atoms with Crippen LogP contribution in [0.2, 0.25) is 0 Å². The molecule has 3 heteroatoms. The van der Waals surface area contributed by atoms with E-state index in [0.717, 1.165) is 5.56 Å². The van der Waals surface area contributed by atoms with E-state index in [9.17, 15) is 4.79 Å². The lowest BCUT2D eigenvalue weighted by Gasteiger charge is -2.06. The van der Waals surface area contributed by atoms with Crippen molar-refractivity contribution in [1.82, 2.24) is 0 Å². The Balaban J connectivity index is 0.000000437. The van der Waals surface area contributed by atoms with Gasteiger partial charge in [-0.1, -0.05) is 37.3 Å². The monoisotopic (exact) mass is 237 g/mol. The van der Waals surface area contributed by atoms with Crippen LogP contribution in [0.1, 0.15) is 33.3 Å². The van der Waals surface area contributed by atoms with Crippen LogP contribution in [0, 0.1) is 5.92 Å². The summed E-state index contributed by atoms with van der Waals surface area (Å²) in [6.45, 7) is 7.61. The van der Waals surface area contributed by atoms with E-state index < -0.39 is 5.97 Å². The molecule has 0 unspecified atom stereocenters. The molecule has 3 nitrogen and oxygen atoms in total. The van der Waals surface area contributed by atoms with Crippen molar-refractivity contribution in [2.45, 2.75) is 39.7 Å². The number of carboxylic acid groups (broad SMARTS) is 1. The van der Waals surface area contributed by atoms with Crippen molar-refractivity contribution in [2.24, 2.45) is 11.7 Å². The van der Waals surface area contributed by atoms with Crippen molar-refractivity contribution in [3.8, 4) is 0 Å². The molecule has 0 aliphatic heterocycles. The Bertz CT molecular complexity index is 322. The number of hydrogen-bond acceptors (Lipinski definition) is 2. The smallest absolute Gasteiger partial charge is 0.306 e. The molecular formula is C14H23NO2. The molecule has 0 amide bonds. The van der Waals surface area contributed by atoms with Crippen LogP contribution < -0.4 is 5.73 Å². The van der Waals surface area contributed by atoms with Crippen LogP contribution in [-0.4, -0.2) is 16.6 Å². The van der Waals surface area contributed by atoms with E-state index in [1.807, 2.05) is 51.1 Å². The Hall–Kier alpha value is -1.35. The molecule has 1 aromatic carbocycles. The number of hydrogen-bond donors (Lipinski definition) is 2. The number of rotatable bonds is 3. The molecule has 17 heavy (non-hydrogen) atoms. The zero-order valence-electron chi connectivity index (χ0n) is 11.1. The van der Waals surface area contributed by atoms with Crippen molar-refractivity contribution >= 4 is 5.97 Å². The lowest BCUT2D eigenvalue weighted by Crippen LogP contribution is -2.26. The maximum Gasteiger partial charge on any atom is 0.306 e. The molecule has 3 N–H and O–H groups in total. The minimum atomic E-state index is -0.737. The summed E-state index contributed by atoms with van der Waals surface area (Å²) in [6.07, 6.45) is 0.607. The quantitative estimate of drug-likeness (QED) is 0.849. The van der Waals surface area contributed by atoms with Gasteiger partial charge in [0.2, 0.25) is 0 Å². The molecule has 0 fully saturated rings. The van der Waals surface area contributed by atoms with E-state index in [1.54, 1.807) is 6.92 Å². The first-order valence-corrected chi connectivity index (χ1v) is 5.75. The lowest BCUT2D eigenvalue weighted by atomic mass is 10.0. The van der Waals surface area contributed by atoms with Crippen LogP contribution in [0.4, 0.5) is 0 Å². The fourth-order valence-electron chi connectivity index (χ4n) is 1.05. The third kappa shape index (κ3) is 10.9. The van der Waals surface area contributed by atoms with E-state index in [2.05, 4.69) is 0 Å². The molecule has 96 valence electrons. The highest BCUT2D eigenvalue weighted by atomic mass is 16.4. The Labute approximate surface area is 104 Å². The number of benzene rings is 1. The van der Waals surface area contributed by atoms with E-state index in [0.29, 0.717) is 6.42 Å². The molecule has 1 rings (SSSR count). The summed E-state index contributed by atoms with van der Waals surface area (Å²) < 4.78 is 0. The van der Waals surface area contributed by atoms with E-state index in [4.69, 9.17) is 10.8 Å². The molecule has 0 saturated carbocycles. The molecule has 0 aromatic heterocycles. The molecule has 1 aromatic rings. The summed E-state index contributed by atoms with van der Waals surface area (Å²) in [5.74, 6) is -1.04. The van der Waals surface area contributed by atoms with Crippen molar-refractivity contribution < 1.29 is 9.90 Å². The second-order valence-electron chi connectivity index (χ2n) is 5.30. The van der Waals surface area contributed by atoms with Gasteiger partial charge in [0.25, 0.3) is 0 Å². The maximum atomic E-state index is 10.5. The maximum absolute atomic E-state index is 10.5. The SMILES string of the molecule is CC(C)(C)N.C[C@H](Cc1ccccc1)C(=O)O. The van der Waals surface area contributed by atoms with Gasteiger partial charge in [-0.3, -0.25) is 4.79 Å². The summed E-state index contributed by atoms with van der Waals surface area (Å²) >= 11 is 0. The van der Waals surface area contributed by atoms with Gasteiger partial charge in [-0.15, -0.1) is 0 Å². The van der Waals surface area contributed by atoms with Gasteiger partial charge in [0.1, 0.15) is 0 Å². The molecule has 0 aliphatic carbocycles. The molecule has 0 heterocycles. The Morgan fingerprint density at radius 1 is 1.29 bits per heavy atom. The fraction of sp³-hybridized carbons (Fsp3) is 0.500. The topological polar surface area (TPSA) is 63.3 Å². The van der Waals surface area contributed by atoms with Crippen LogP contribution in [-0.2, 0) is 11.2 Å². The number of aliphatic carboxylic acids is 1. The van der Waals surface area contributed by atoms with E-state index >= 15 is 0 Å². The van der Waals surface area contributed by atoms with Gasteiger partial charge in [-0.05, 0) is 32.8 Å². The first-order chi connectivity index (χ1) is 7.70. The minimum absolute atomic E-state index is 0. The van der Waals surface area contributed by atoms with Gasteiger partial charge in [0, 0.05) is 5.54 Å². The summed E-state index contributed by atoms with van der Waals surface area (Å²) in [4.78, 5) is 10.5. The molecule has 0 radical (unpaired) electrons. The third-order valence-electron chi connectivity index (χ3n) is 1.81. The molecule has 0 aliphatic rings. The minimum Gasteiger partial charge on any atom is -0.481 e. The van der Waals surface area contributed by atoms with Gasteiger partial charge in [0.05, 0.1) is 5.92 Å². The first kappa shape index (κ1) is 15.7. The van der Waals surface area contributed by atoms with Crippen LogP contribution in [0.3, 0.4) is 0 Å². The van der Waals surface area contributed by atoms with Gasteiger partial charge in [0.15, 0.2) is 0 Å². The standard InChI is InChI=1S/C10H12O2.C4H11N/c1-8(10(11)12)7-9-5-3-2-4-6-9;1-4(2,3)5/h2-6,8H,7H2,1H3,(H,11,12);5H2,1-3H3/t8-;/m1./s1. The molecule has 0 saturated heterocycles. The molecule has 0 spiro atoms. The number of carboxylic acids is 1. The normalized spacial score (nSPS) is 12.3. The lowest BCUT2D eigenvalue weighted by molar-refractivity contribution is -0.141. The Morgan fingerprint density at radius 3 is 2.06 bits per heavy atom. The third-order valence-corrected chi connectivity index (χ3v) is 1.81. The number of nitrogens with two attached hydrogens (primary N) is 1. The van der Waals surface area contributed by atoms with Gasteiger partial charge < -0.3 is 10.8 Å². The number of carbonyl (C=O) groups is 1. The average molecular weight is 237 g/mol. The highest BCUT2D eigenvalue weighted by molar-refractivity contribution is 5.69. The first-order valence-electron chi connectivity index (χ1n) is 5.75. The second-order valence-corrected chi connectivity index (χ2v) is 5.30. The molecule has 1 atom stereocenters. The van der Waals surface area contributed by atoms with Crippen LogP contribution in [0.5, 0.6) is 0 Å². The zero-order chi connectivity index (χ0) is 13.5. The van der Waals surface area contributed by atoms with Gasteiger partial charge in [-0.25, -0.2) is 0 Å². The van der Waals surface area contributed by atoms with Crippen LogP contribution >= 0.6 is 0 Å². The highest BCUT2D eigenvalue weighted by Crippen LogP contribution is 2.07. The van der Waals surface area contributed by atoms with E-state index in [-0.39, 0.29) is 11.5 Å². The average Bonchev–Trinajstić information content (AvgIpc) is 2.16. The Morgan fingerprint density at radius 2 is 1.71 bits per heavy atom. The zero-order valence-corrected chi connectivity index (χ0v) is 11.1. The predicted molar refractivity (Wildman–Crippen MR) is 70.9 cm³/mol. The van der Waals surface area contributed by atoms with Gasteiger partial charge in [-0.2, -0.15) is 0 Å². The fourth-order valence-corrected chi connectivity index (χ4v) is 1.05. The van der Waals surface area contributed by atoms with Crippen molar-refractivity contribution in [3.63, 3.8) is 0 Å². The highest BCUT2D eigenvalue weighted by Gasteiger charge is 2.10. The molecule has 0 bridgehead atoms. The van der Waals surface area contributed by atoms with Crippen LogP contribution in [0.15, 0.2) is 30.3 Å². The summed E-state index contributed by atoms with van der Waals surface area (Å²) in [7, 11) is 0. The van der Waals surface area contributed by atoms with Crippen molar-refractivity contribution in [2.75, 3.05) is 0 Å².